The van der Waals surface area contributed by atoms with Crippen LogP contribution in [0.4, 0.5) is 6.01 Å². The maximum absolute atomic E-state index is 12.4. The van der Waals surface area contributed by atoms with Crippen molar-refractivity contribution in [3.63, 3.8) is 0 Å². The molecule has 0 aliphatic carbocycles. The van der Waals surface area contributed by atoms with E-state index in [0.29, 0.717) is 38.5 Å². The molecule has 1 aromatic carbocycles. The lowest BCUT2D eigenvalue weighted by Gasteiger charge is -2.46. The molecule has 6 heteroatoms. The normalized spacial score (nSPS) is 29.0. The van der Waals surface area contributed by atoms with Gasteiger partial charge >= 0.3 is 0 Å². The van der Waals surface area contributed by atoms with Gasteiger partial charge in [-0.15, -0.1) is 0 Å². The SMILES string of the molecule is O=C1NCCC[C@]12CN(c1nc3ccccc3o1)CC[C@@H]2O. The molecule has 2 aliphatic rings. The summed E-state index contributed by atoms with van der Waals surface area (Å²) in [5.41, 5.74) is 0.813. The van der Waals surface area contributed by atoms with Crippen molar-refractivity contribution < 1.29 is 14.3 Å². The van der Waals surface area contributed by atoms with Crippen LogP contribution in [0.2, 0.25) is 0 Å². The van der Waals surface area contributed by atoms with E-state index in [1.807, 2.05) is 29.2 Å². The van der Waals surface area contributed by atoms with Gasteiger partial charge in [0.2, 0.25) is 5.91 Å². The number of nitrogens with one attached hydrogen (secondary N) is 1. The third kappa shape index (κ3) is 1.98. The molecular weight excluding hydrogens is 282 g/mol. The van der Waals surface area contributed by atoms with Crippen LogP contribution in [0.3, 0.4) is 0 Å². The summed E-state index contributed by atoms with van der Waals surface area (Å²) in [6, 6.07) is 8.15. The van der Waals surface area contributed by atoms with Crippen molar-refractivity contribution in [2.24, 2.45) is 5.41 Å². The van der Waals surface area contributed by atoms with E-state index in [1.165, 1.54) is 0 Å². The van der Waals surface area contributed by atoms with Crippen LogP contribution in [0.15, 0.2) is 28.7 Å². The summed E-state index contributed by atoms with van der Waals surface area (Å²) in [5.74, 6) is -0.0490. The first-order chi connectivity index (χ1) is 10.7. The highest BCUT2D eigenvalue weighted by Gasteiger charge is 2.50. The molecule has 2 N–H and O–H groups in total. The van der Waals surface area contributed by atoms with Crippen LogP contribution >= 0.6 is 0 Å². The quantitative estimate of drug-likeness (QED) is 0.830. The van der Waals surface area contributed by atoms with Crippen LogP contribution in [0.25, 0.3) is 11.1 Å². The number of nitrogens with zero attached hydrogens (tertiary/aromatic N) is 2. The van der Waals surface area contributed by atoms with E-state index in [2.05, 4.69) is 10.3 Å². The molecule has 3 heterocycles. The molecule has 22 heavy (non-hydrogen) atoms. The number of aliphatic hydroxyl groups excluding tert-OH is 1. The number of oxazole rings is 1. The van der Waals surface area contributed by atoms with Gasteiger partial charge in [0.25, 0.3) is 6.01 Å². The molecule has 0 saturated carbocycles. The zero-order chi connectivity index (χ0) is 15.2. The van der Waals surface area contributed by atoms with Crippen LogP contribution in [0.5, 0.6) is 0 Å². The Labute approximate surface area is 128 Å². The Hall–Kier alpha value is -2.08. The molecule has 0 radical (unpaired) electrons. The summed E-state index contributed by atoms with van der Waals surface area (Å²) in [5, 5.41) is 13.3. The van der Waals surface area contributed by atoms with E-state index < -0.39 is 11.5 Å². The average Bonchev–Trinajstić information content (AvgIpc) is 2.96. The predicted octanol–water partition coefficient (Wildman–Crippen LogP) is 1.30. The maximum Gasteiger partial charge on any atom is 0.298 e. The molecule has 1 amide bonds. The third-order valence-corrected chi connectivity index (χ3v) is 4.87. The number of carbonyl (C=O) groups excluding carboxylic acids is 1. The third-order valence-electron chi connectivity index (χ3n) is 4.87. The Kier molecular flexibility index (Phi) is 3.07. The molecular formula is C16H19N3O3. The summed E-state index contributed by atoms with van der Waals surface area (Å²) in [6.07, 6.45) is 1.54. The lowest BCUT2D eigenvalue weighted by molar-refractivity contribution is -0.142. The van der Waals surface area contributed by atoms with Gasteiger partial charge in [0.05, 0.1) is 11.5 Å². The monoisotopic (exact) mass is 301 g/mol. The number of piperidine rings is 2. The number of carbonyl (C=O) groups is 1. The number of aromatic nitrogens is 1. The molecule has 2 saturated heterocycles. The van der Waals surface area contributed by atoms with Crippen LogP contribution in [-0.2, 0) is 4.79 Å². The number of benzene rings is 1. The van der Waals surface area contributed by atoms with Gasteiger partial charge < -0.3 is 19.7 Å². The van der Waals surface area contributed by atoms with Gasteiger partial charge in [0.1, 0.15) is 5.52 Å². The topological polar surface area (TPSA) is 78.6 Å². The minimum absolute atomic E-state index is 0.0490. The molecule has 2 aromatic rings. The van der Waals surface area contributed by atoms with Gasteiger partial charge in [-0.25, -0.2) is 0 Å². The lowest BCUT2D eigenvalue weighted by Crippen LogP contribution is -2.61. The summed E-state index contributed by atoms with van der Waals surface area (Å²) in [4.78, 5) is 18.9. The summed E-state index contributed by atoms with van der Waals surface area (Å²) >= 11 is 0. The van der Waals surface area contributed by atoms with E-state index in [9.17, 15) is 9.90 Å². The second kappa shape index (κ2) is 4.98. The molecule has 1 aromatic heterocycles. The average molecular weight is 301 g/mol. The van der Waals surface area contributed by atoms with Crippen LogP contribution in [0.1, 0.15) is 19.3 Å². The van der Waals surface area contributed by atoms with E-state index >= 15 is 0 Å². The highest BCUT2D eigenvalue weighted by Crippen LogP contribution is 2.39. The smallest absolute Gasteiger partial charge is 0.298 e. The van der Waals surface area contributed by atoms with E-state index in [-0.39, 0.29) is 5.91 Å². The van der Waals surface area contributed by atoms with Crippen LogP contribution in [0, 0.1) is 5.41 Å². The summed E-state index contributed by atoms with van der Waals surface area (Å²) < 4.78 is 5.81. The fraction of sp³-hybridized carbons (Fsp3) is 0.500. The first-order valence-electron chi connectivity index (χ1n) is 7.76. The number of hydrogen-bond donors (Lipinski definition) is 2. The number of aliphatic hydroxyl groups is 1. The second-order valence-corrected chi connectivity index (χ2v) is 6.21. The highest BCUT2D eigenvalue weighted by molar-refractivity contribution is 5.85. The minimum Gasteiger partial charge on any atom is -0.423 e. The number of anilines is 1. The summed E-state index contributed by atoms with van der Waals surface area (Å²) in [7, 11) is 0. The molecule has 116 valence electrons. The fourth-order valence-electron chi connectivity index (χ4n) is 3.60. The van der Waals surface area contributed by atoms with Gasteiger partial charge in [0, 0.05) is 19.6 Å². The standard InChI is InChI=1S/C16H19N3O3/c20-13-6-9-19(10-16(13)7-3-8-17-14(16)21)15-18-11-4-1-2-5-12(11)22-15/h1-2,4-5,13,20H,3,6-10H2,(H,17,21)/t13-,16+/m0/s1. The Balaban J connectivity index is 1.67. The van der Waals surface area contributed by atoms with Crippen molar-refractivity contribution in [3.8, 4) is 0 Å². The first kappa shape index (κ1) is 13.6. The van der Waals surface area contributed by atoms with Crippen molar-refractivity contribution in [2.45, 2.75) is 25.4 Å². The Morgan fingerprint density at radius 1 is 1.41 bits per heavy atom. The van der Waals surface area contributed by atoms with Gasteiger partial charge in [-0.2, -0.15) is 4.98 Å². The molecule has 1 spiro atoms. The van der Waals surface area contributed by atoms with E-state index in [1.54, 1.807) is 0 Å². The molecule has 2 atom stereocenters. The molecule has 2 aliphatic heterocycles. The van der Waals surface area contributed by atoms with Gasteiger partial charge in [-0.1, -0.05) is 12.1 Å². The van der Waals surface area contributed by atoms with E-state index in [0.717, 1.165) is 17.5 Å². The van der Waals surface area contributed by atoms with Gasteiger partial charge in [-0.05, 0) is 31.4 Å². The predicted molar refractivity (Wildman–Crippen MR) is 81.5 cm³/mol. The van der Waals surface area contributed by atoms with Crippen molar-refractivity contribution >= 4 is 23.0 Å². The van der Waals surface area contributed by atoms with Gasteiger partial charge in [0.15, 0.2) is 5.58 Å². The number of hydrogen-bond acceptors (Lipinski definition) is 5. The summed E-state index contributed by atoms with van der Waals surface area (Å²) in [6.45, 7) is 1.78. The van der Waals surface area contributed by atoms with Gasteiger partial charge in [-0.3, -0.25) is 4.79 Å². The Morgan fingerprint density at radius 3 is 3.09 bits per heavy atom. The van der Waals surface area contributed by atoms with Crippen LogP contribution < -0.4 is 10.2 Å². The van der Waals surface area contributed by atoms with Crippen LogP contribution in [-0.4, -0.2) is 41.7 Å². The zero-order valence-electron chi connectivity index (χ0n) is 12.3. The fourth-order valence-corrected chi connectivity index (χ4v) is 3.60. The first-order valence-corrected chi connectivity index (χ1v) is 7.76. The largest absolute Gasteiger partial charge is 0.423 e. The minimum atomic E-state index is -0.739. The highest BCUT2D eigenvalue weighted by atomic mass is 16.4. The maximum atomic E-state index is 12.4. The van der Waals surface area contributed by atoms with Crippen molar-refractivity contribution in [1.29, 1.82) is 0 Å². The Morgan fingerprint density at radius 2 is 2.27 bits per heavy atom. The molecule has 4 rings (SSSR count). The number of fused-ring (bicyclic) bond motifs is 1. The van der Waals surface area contributed by atoms with Crippen molar-refractivity contribution in [1.82, 2.24) is 10.3 Å². The van der Waals surface area contributed by atoms with Crippen molar-refractivity contribution in [2.75, 3.05) is 24.5 Å². The molecule has 6 nitrogen and oxygen atoms in total. The number of para-hydroxylation sites is 2. The zero-order valence-corrected chi connectivity index (χ0v) is 12.3. The number of rotatable bonds is 1. The van der Waals surface area contributed by atoms with E-state index in [4.69, 9.17) is 4.42 Å². The van der Waals surface area contributed by atoms with Crippen molar-refractivity contribution in [3.05, 3.63) is 24.3 Å². The molecule has 2 fully saturated rings. The Bertz CT molecular complexity index is 680. The molecule has 0 bridgehead atoms. The number of amides is 1. The second-order valence-electron chi connectivity index (χ2n) is 6.21. The lowest BCUT2D eigenvalue weighted by atomic mass is 9.71. The molecule has 0 unspecified atom stereocenters.